The van der Waals surface area contributed by atoms with Gasteiger partial charge in [-0.1, -0.05) is 101 Å². The fraction of sp³-hybridized carbons (Fsp3) is 0.464. The van der Waals surface area contributed by atoms with Gasteiger partial charge in [-0.15, -0.1) is 0 Å². The van der Waals surface area contributed by atoms with Gasteiger partial charge in [0.05, 0.1) is 12.2 Å². The van der Waals surface area contributed by atoms with Crippen molar-refractivity contribution in [3.8, 4) is 0 Å². The van der Waals surface area contributed by atoms with E-state index in [2.05, 4.69) is 81.4 Å². The van der Waals surface area contributed by atoms with Crippen molar-refractivity contribution in [1.29, 1.82) is 0 Å². The number of ether oxygens (including phenoxy) is 1. The average molecular weight is 451 g/mol. The smallest absolute Gasteiger partial charge is 0.330 e. The lowest BCUT2D eigenvalue weighted by Crippen LogP contribution is -2.67. The van der Waals surface area contributed by atoms with Crippen molar-refractivity contribution in [1.82, 2.24) is 0 Å². The predicted molar refractivity (Wildman–Crippen MR) is 135 cm³/mol. The van der Waals surface area contributed by atoms with E-state index in [9.17, 15) is 4.79 Å². The van der Waals surface area contributed by atoms with Crippen LogP contribution in [-0.4, -0.2) is 26.5 Å². The van der Waals surface area contributed by atoms with Crippen molar-refractivity contribution < 1.29 is 14.0 Å². The number of hydrogen-bond donors (Lipinski definition) is 0. The Kier molecular flexibility index (Phi) is 8.49. The fourth-order valence-electron chi connectivity index (χ4n) is 4.73. The second-order valence-corrected chi connectivity index (χ2v) is 14.2. The minimum atomic E-state index is -2.67. The summed E-state index contributed by atoms with van der Waals surface area (Å²) in [5.74, 6) is -0.269. The molecular formula is C28H38O3Si. The Balaban J connectivity index is 2.04. The quantitative estimate of drug-likeness (QED) is 0.438. The molecule has 0 N–H and O–H groups in total. The Hall–Kier alpha value is -2.17. The van der Waals surface area contributed by atoms with E-state index in [1.54, 1.807) is 6.08 Å². The van der Waals surface area contributed by atoms with Gasteiger partial charge in [0.1, 0.15) is 0 Å². The molecule has 0 amide bonds. The molecule has 0 bridgehead atoms. The molecule has 2 aromatic carbocycles. The zero-order valence-corrected chi connectivity index (χ0v) is 21.1. The minimum absolute atomic E-state index is 0.0392. The molecule has 0 spiro atoms. The first-order chi connectivity index (χ1) is 15.3. The van der Waals surface area contributed by atoms with E-state index >= 15 is 0 Å². The molecule has 0 aromatic heterocycles. The summed E-state index contributed by atoms with van der Waals surface area (Å²) >= 11 is 0. The van der Waals surface area contributed by atoms with Gasteiger partial charge in [0.15, 0.2) is 0 Å². The minimum Gasteiger partial charge on any atom is -0.460 e. The lowest BCUT2D eigenvalue weighted by atomic mass is 10.1. The highest BCUT2D eigenvalue weighted by Gasteiger charge is 2.51. The van der Waals surface area contributed by atoms with E-state index in [0.29, 0.717) is 0 Å². The van der Waals surface area contributed by atoms with Gasteiger partial charge in [0.2, 0.25) is 0 Å². The molecule has 0 aliphatic carbocycles. The molecule has 3 rings (SSSR count). The molecule has 172 valence electrons. The molecule has 1 aliphatic heterocycles. The highest BCUT2D eigenvalue weighted by Crippen LogP contribution is 2.38. The van der Waals surface area contributed by atoms with Crippen LogP contribution in [0.2, 0.25) is 5.04 Å². The number of benzene rings is 2. The van der Waals surface area contributed by atoms with Crippen LogP contribution in [0.3, 0.4) is 0 Å². The van der Waals surface area contributed by atoms with E-state index < -0.39 is 8.32 Å². The predicted octanol–water partition coefficient (Wildman–Crippen LogP) is 5.77. The molecule has 1 aliphatic rings. The Morgan fingerprint density at radius 1 is 0.844 bits per heavy atom. The van der Waals surface area contributed by atoms with Crippen LogP contribution in [0.4, 0.5) is 0 Å². The molecule has 32 heavy (non-hydrogen) atoms. The third-order valence-corrected chi connectivity index (χ3v) is 11.4. The normalized spacial score (nSPS) is 22.3. The summed E-state index contributed by atoms with van der Waals surface area (Å²) in [6.45, 7) is 8.84. The first-order valence-corrected chi connectivity index (χ1v) is 13.9. The van der Waals surface area contributed by atoms with Gasteiger partial charge < -0.3 is 9.16 Å². The number of esters is 1. The molecule has 3 nitrogen and oxygen atoms in total. The maximum Gasteiger partial charge on any atom is 0.330 e. The highest BCUT2D eigenvalue weighted by molar-refractivity contribution is 6.99. The monoisotopic (exact) mass is 450 g/mol. The van der Waals surface area contributed by atoms with E-state index in [1.165, 1.54) is 16.8 Å². The van der Waals surface area contributed by atoms with Crippen molar-refractivity contribution in [2.24, 2.45) is 0 Å². The summed E-state index contributed by atoms with van der Waals surface area (Å²) in [6, 6.07) is 21.4. The largest absolute Gasteiger partial charge is 0.460 e. The van der Waals surface area contributed by atoms with E-state index in [-0.39, 0.29) is 23.2 Å². The van der Waals surface area contributed by atoms with Crippen molar-refractivity contribution >= 4 is 24.7 Å². The van der Waals surface area contributed by atoms with Gasteiger partial charge in [-0.2, -0.15) is 0 Å². The van der Waals surface area contributed by atoms with Gasteiger partial charge >= 0.3 is 5.97 Å². The Labute approximate surface area is 195 Å². The van der Waals surface area contributed by atoms with E-state index in [1.807, 2.05) is 13.0 Å². The van der Waals surface area contributed by atoms with Gasteiger partial charge in [-0.05, 0) is 47.7 Å². The molecule has 0 saturated heterocycles. The Bertz CT molecular complexity index is 831. The molecule has 2 atom stereocenters. The maximum absolute atomic E-state index is 12.4. The zero-order valence-electron chi connectivity index (χ0n) is 20.1. The first-order valence-electron chi connectivity index (χ1n) is 12.0. The molecule has 4 heteroatoms. The van der Waals surface area contributed by atoms with Crippen LogP contribution in [0.5, 0.6) is 0 Å². The standard InChI is InChI=1S/C28H38O3Si/c1-23-15-9-5-6-10-16-24(21-22-27(29)30-23)31-32(28(2,3)4,25-17-11-7-12-18-25)26-19-13-8-14-20-26/h7-8,11-14,17-24H,5-6,9-10,15-16H2,1-4H3/b22-21+/t23?,24-/m0/s1. The SMILES string of the molecule is CC1CCCCCC[C@H](O[Si](c2ccccc2)(c2ccccc2)C(C)(C)C)/C=C/C(=O)O1. The molecule has 1 heterocycles. The van der Waals surface area contributed by atoms with Crippen LogP contribution in [-0.2, 0) is 14.0 Å². The van der Waals surface area contributed by atoms with Crippen molar-refractivity contribution in [3.05, 3.63) is 72.8 Å². The number of carbonyl (C=O) groups excluding carboxylic acids is 1. The third-order valence-electron chi connectivity index (χ3n) is 6.36. The van der Waals surface area contributed by atoms with E-state index in [4.69, 9.17) is 9.16 Å². The van der Waals surface area contributed by atoms with Crippen LogP contribution in [0.15, 0.2) is 72.8 Å². The van der Waals surface area contributed by atoms with Crippen LogP contribution in [0.1, 0.15) is 66.2 Å². The zero-order chi connectivity index (χ0) is 23.0. The summed E-state index contributed by atoms with van der Waals surface area (Å²) in [7, 11) is -2.67. The average Bonchev–Trinajstić information content (AvgIpc) is 2.77. The van der Waals surface area contributed by atoms with Crippen LogP contribution >= 0.6 is 0 Å². The number of cyclic esters (lactones) is 1. The molecule has 2 aromatic rings. The molecule has 0 radical (unpaired) electrons. The maximum atomic E-state index is 12.4. The van der Waals surface area contributed by atoms with Crippen molar-refractivity contribution in [3.63, 3.8) is 0 Å². The summed E-state index contributed by atoms with van der Waals surface area (Å²) in [5.41, 5.74) is 0. The molecular weight excluding hydrogens is 412 g/mol. The Morgan fingerprint density at radius 2 is 1.38 bits per heavy atom. The number of rotatable bonds is 4. The van der Waals surface area contributed by atoms with E-state index in [0.717, 1.165) is 32.1 Å². The number of carbonyl (C=O) groups is 1. The molecule has 0 fully saturated rings. The Morgan fingerprint density at radius 3 is 1.91 bits per heavy atom. The van der Waals surface area contributed by atoms with Crippen LogP contribution < -0.4 is 10.4 Å². The number of hydrogen-bond acceptors (Lipinski definition) is 3. The second-order valence-electron chi connectivity index (χ2n) is 9.92. The summed E-state index contributed by atoms with van der Waals surface area (Å²) in [4.78, 5) is 12.4. The summed E-state index contributed by atoms with van der Waals surface area (Å²) in [5, 5.41) is 2.42. The summed E-state index contributed by atoms with van der Waals surface area (Å²) in [6.07, 6.45) is 9.72. The van der Waals surface area contributed by atoms with Crippen LogP contribution in [0.25, 0.3) is 0 Å². The van der Waals surface area contributed by atoms with Gasteiger partial charge in [0, 0.05) is 6.08 Å². The summed E-state index contributed by atoms with van der Waals surface area (Å²) < 4.78 is 12.8. The van der Waals surface area contributed by atoms with Crippen LogP contribution in [0, 0.1) is 0 Å². The third kappa shape index (κ3) is 5.99. The molecule has 1 unspecified atom stereocenters. The lowest BCUT2D eigenvalue weighted by Gasteiger charge is -2.45. The van der Waals surface area contributed by atoms with Gasteiger partial charge in [-0.3, -0.25) is 0 Å². The van der Waals surface area contributed by atoms with Gasteiger partial charge in [0.25, 0.3) is 8.32 Å². The lowest BCUT2D eigenvalue weighted by molar-refractivity contribution is -0.142. The molecule has 0 saturated carbocycles. The van der Waals surface area contributed by atoms with Gasteiger partial charge in [-0.25, -0.2) is 4.79 Å². The fourth-order valence-corrected chi connectivity index (χ4v) is 9.39. The van der Waals surface area contributed by atoms with Crippen molar-refractivity contribution in [2.45, 2.75) is 83.5 Å². The topological polar surface area (TPSA) is 35.5 Å². The highest BCUT2D eigenvalue weighted by atomic mass is 28.4. The van der Waals surface area contributed by atoms with Crippen molar-refractivity contribution in [2.75, 3.05) is 0 Å². The second kappa shape index (κ2) is 11.1. The first kappa shape index (κ1) is 24.5.